The Bertz CT molecular complexity index is 1110. The third-order valence-corrected chi connectivity index (χ3v) is 6.49. The molecule has 1 aliphatic carbocycles. The lowest BCUT2D eigenvalue weighted by Gasteiger charge is -2.18. The van der Waals surface area contributed by atoms with E-state index in [1.807, 2.05) is 49.6 Å². The Labute approximate surface area is 191 Å². The SMILES string of the molecule is CC(=Nc1ccccc1S)c1c(C)nc(NCc2cccs2)nc1N[C@@H]1CCCC1=O. The van der Waals surface area contributed by atoms with Gasteiger partial charge in [-0.15, -0.1) is 24.0 Å². The summed E-state index contributed by atoms with van der Waals surface area (Å²) in [5.41, 5.74) is 3.18. The number of nitrogens with one attached hydrogen (secondary N) is 2. The second kappa shape index (κ2) is 9.62. The Kier molecular flexibility index (Phi) is 6.67. The summed E-state index contributed by atoms with van der Waals surface area (Å²) in [6.07, 6.45) is 2.33. The van der Waals surface area contributed by atoms with Crippen LogP contribution in [0.1, 0.15) is 42.3 Å². The summed E-state index contributed by atoms with van der Waals surface area (Å²) < 4.78 is 0. The molecule has 0 unspecified atom stereocenters. The van der Waals surface area contributed by atoms with Gasteiger partial charge in [-0.1, -0.05) is 18.2 Å². The third-order valence-electron chi connectivity index (χ3n) is 5.24. The number of nitrogens with zero attached hydrogens (tertiary/aromatic N) is 3. The van der Waals surface area contributed by atoms with E-state index in [1.165, 1.54) is 4.88 Å². The summed E-state index contributed by atoms with van der Waals surface area (Å²) in [4.78, 5) is 28.5. The van der Waals surface area contributed by atoms with E-state index >= 15 is 0 Å². The number of rotatable bonds is 7. The van der Waals surface area contributed by atoms with Crippen molar-refractivity contribution in [1.29, 1.82) is 0 Å². The fourth-order valence-corrected chi connectivity index (χ4v) is 4.55. The second-order valence-electron chi connectivity index (χ2n) is 7.53. The molecule has 0 radical (unpaired) electrons. The number of aromatic nitrogens is 2. The van der Waals surface area contributed by atoms with Gasteiger partial charge in [0.25, 0.3) is 0 Å². The minimum absolute atomic E-state index is 0.219. The van der Waals surface area contributed by atoms with Crippen LogP contribution < -0.4 is 10.6 Å². The first kappa shape index (κ1) is 21.5. The molecule has 1 aliphatic rings. The zero-order valence-electron chi connectivity index (χ0n) is 17.6. The van der Waals surface area contributed by atoms with Gasteiger partial charge in [-0.2, -0.15) is 4.98 Å². The number of hydrogen-bond acceptors (Lipinski definition) is 8. The normalized spacial score (nSPS) is 16.5. The highest BCUT2D eigenvalue weighted by molar-refractivity contribution is 7.80. The fourth-order valence-electron chi connectivity index (χ4n) is 3.70. The molecule has 1 aromatic carbocycles. The van der Waals surface area contributed by atoms with E-state index in [1.54, 1.807) is 11.3 Å². The Morgan fingerprint density at radius 1 is 1.26 bits per heavy atom. The number of thiol groups is 1. The molecule has 0 spiro atoms. The van der Waals surface area contributed by atoms with Crippen molar-refractivity contribution in [2.45, 2.75) is 50.6 Å². The van der Waals surface area contributed by atoms with Crippen molar-refractivity contribution in [2.24, 2.45) is 4.99 Å². The number of aliphatic imine (C=N–C) groups is 1. The van der Waals surface area contributed by atoms with Crippen molar-refractivity contribution in [3.63, 3.8) is 0 Å². The van der Waals surface area contributed by atoms with E-state index in [0.717, 1.165) is 40.4 Å². The van der Waals surface area contributed by atoms with Crippen molar-refractivity contribution >= 4 is 52.9 Å². The van der Waals surface area contributed by atoms with Gasteiger partial charge in [-0.05, 0) is 50.3 Å². The Hall–Kier alpha value is -2.71. The summed E-state index contributed by atoms with van der Waals surface area (Å²) in [6.45, 7) is 4.53. The third kappa shape index (κ3) is 5.14. The average molecular weight is 452 g/mol. The second-order valence-corrected chi connectivity index (χ2v) is 9.04. The zero-order chi connectivity index (χ0) is 21.8. The largest absolute Gasteiger partial charge is 0.360 e. The Morgan fingerprint density at radius 2 is 2.10 bits per heavy atom. The van der Waals surface area contributed by atoms with Crippen molar-refractivity contribution in [1.82, 2.24) is 9.97 Å². The fraction of sp³-hybridized carbons (Fsp3) is 0.304. The van der Waals surface area contributed by atoms with Crippen LogP contribution in [0.4, 0.5) is 17.5 Å². The van der Waals surface area contributed by atoms with Crippen LogP contribution in [0, 0.1) is 6.92 Å². The number of thiophene rings is 1. The molecule has 1 saturated carbocycles. The maximum absolute atomic E-state index is 12.3. The molecule has 4 rings (SSSR count). The Balaban J connectivity index is 1.69. The number of carbonyl (C=O) groups is 1. The number of para-hydroxylation sites is 1. The molecule has 3 aromatic rings. The van der Waals surface area contributed by atoms with Gasteiger partial charge in [-0.25, -0.2) is 4.98 Å². The molecule has 1 fully saturated rings. The van der Waals surface area contributed by atoms with Gasteiger partial charge in [0.15, 0.2) is 5.78 Å². The van der Waals surface area contributed by atoms with E-state index in [9.17, 15) is 4.79 Å². The average Bonchev–Trinajstić information content (AvgIpc) is 3.40. The summed E-state index contributed by atoms with van der Waals surface area (Å²) >= 11 is 6.19. The molecule has 0 saturated heterocycles. The first-order valence-electron chi connectivity index (χ1n) is 10.3. The maximum atomic E-state index is 12.3. The zero-order valence-corrected chi connectivity index (χ0v) is 19.3. The summed E-state index contributed by atoms with van der Waals surface area (Å²) in [7, 11) is 0. The summed E-state index contributed by atoms with van der Waals surface area (Å²) in [5.74, 6) is 1.40. The Morgan fingerprint density at radius 3 is 2.81 bits per heavy atom. The standard InChI is InChI=1S/C23H25N5OS2/c1-14(25-18-8-3-4-11-20(18)30)21-15(2)26-23(24-13-16-7-6-12-31-16)28-22(21)27-17-9-5-10-19(17)29/h3-4,6-8,11-12,17,30H,5,9-10,13H2,1-2H3,(H2,24,26,27,28)/t17-/m1/s1. The molecular weight excluding hydrogens is 426 g/mol. The number of hydrogen-bond donors (Lipinski definition) is 3. The monoisotopic (exact) mass is 451 g/mol. The smallest absolute Gasteiger partial charge is 0.225 e. The maximum Gasteiger partial charge on any atom is 0.225 e. The lowest BCUT2D eigenvalue weighted by Crippen LogP contribution is -2.26. The topological polar surface area (TPSA) is 79.3 Å². The highest BCUT2D eigenvalue weighted by Crippen LogP contribution is 2.28. The van der Waals surface area contributed by atoms with Gasteiger partial charge in [0.05, 0.1) is 35.2 Å². The van der Waals surface area contributed by atoms with Crippen molar-refractivity contribution < 1.29 is 4.79 Å². The van der Waals surface area contributed by atoms with Crippen molar-refractivity contribution in [2.75, 3.05) is 10.6 Å². The first-order chi connectivity index (χ1) is 15.0. The molecule has 6 nitrogen and oxygen atoms in total. The first-order valence-corrected chi connectivity index (χ1v) is 11.6. The molecule has 2 aromatic heterocycles. The molecule has 2 heterocycles. The lowest BCUT2D eigenvalue weighted by atomic mass is 10.1. The van der Waals surface area contributed by atoms with Gasteiger partial charge in [0.1, 0.15) is 5.82 Å². The van der Waals surface area contributed by atoms with Crippen LogP contribution in [0.2, 0.25) is 0 Å². The molecule has 8 heteroatoms. The minimum atomic E-state index is -0.219. The van der Waals surface area contributed by atoms with Crippen molar-refractivity contribution in [3.8, 4) is 0 Å². The van der Waals surface area contributed by atoms with Crippen LogP contribution in [0.15, 0.2) is 51.7 Å². The summed E-state index contributed by atoms with van der Waals surface area (Å²) in [6, 6.07) is 11.6. The van der Waals surface area contributed by atoms with Crippen LogP contribution in [0.5, 0.6) is 0 Å². The van der Waals surface area contributed by atoms with Gasteiger partial charge in [-0.3, -0.25) is 9.79 Å². The predicted molar refractivity (Wildman–Crippen MR) is 130 cm³/mol. The highest BCUT2D eigenvalue weighted by Gasteiger charge is 2.26. The molecule has 0 amide bonds. The summed E-state index contributed by atoms with van der Waals surface area (Å²) in [5, 5.41) is 8.72. The molecular formula is C23H25N5OS2. The molecule has 0 aliphatic heterocycles. The number of Topliss-reactive ketones (excluding diaryl/α,β-unsaturated/α-hetero) is 1. The molecule has 31 heavy (non-hydrogen) atoms. The van der Waals surface area contributed by atoms with Gasteiger partial charge in [0, 0.05) is 16.2 Å². The minimum Gasteiger partial charge on any atom is -0.360 e. The molecule has 0 bridgehead atoms. The van der Waals surface area contributed by atoms with E-state index in [0.29, 0.717) is 24.7 Å². The van der Waals surface area contributed by atoms with Crippen molar-refractivity contribution in [3.05, 3.63) is 57.9 Å². The van der Waals surface area contributed by atoms with E-state index < -0.39 is 0 Å². The quantitative estimate of drug-likeness (QED) is 0.330. The van der Waals surface area contributed by atoms with Gasteiger partial charge in [0.2, 0.25) is 5.95 Å². The number of carbonyl (C=O) groups excluding carboxylic acids is 1. The number of benzene rings is 1. The van der Waals surface area contributed by atoms with Crippen LogP contribution in [-0.4, -0.2) is 27.5 Å². The van der Waals surface area contributed by atoms with E-state index in [4.69, 9.17) is 9.98 Å². The molecule has 160 valence electrons. The predicted octanol–water partition coefficient (Wildman–Crippen LogP) is 5.42. The molecule has 2 N–H and O–H groups in total. The molecule has 1 atom stereocenters. The van der Waals surface area contributed by atoms with Crippen LogP contribution in [-0.2, 0) is 11.3 Å². The number of aryl methyl sites for hydroxylation is 1. The number of anilines is 2. The van der Waals surface area contributed by atoms with Gasteiger partial charge >= 0.3 is 0 Å². The van der Waals surface area contributed by atoms with Crippen LogP contribution >= 0.6 is 24.0 Å². The van der Waals surface area contributed by atoms with E-state index in [-0.39, 0.29) is 11.8 Å². The van der Waals surface area contributed by atoms with E-state index in [2.05, 4.69) is 34.3 Å². The number of ketones is 1. The lowest BCUT2D eigenvalue weighted by molar-refractivity contribution is -0.118. The highest BCUT2D eigenvalue weighted by atomic mass is 32.1. The van der Waals surface area contributed by atoms with Crippen LogP contribution in [0.3, 0.4) is 0 Å². The van der Waals surface area contributed by atoms with Gasteiger partial charge < -0.3 is 10.6 Å². The van der Waals surface area contributed by atoms with Crippen LogP contribution in [0.25, 0.3) is 0 Å².